The smallest absolute Gasteiger partial charge is 0.417 e. The molecule has 0 aliphatic carbocycles. The molecule has 3 heterocycles. The second-order valence-electron chi connectivity index (χ2n) is 7.87. The van der Waals surface area contributed by atoms with E-state index in [2.05, 4.69) is 9.97 Å². The summed E-state index contributed by atoms with van der Waals surface area (Å²) in [4.78, 5) is 10.9. The first-order valence-corrected chi connectivity index (χ1v) is 13.0. The van der Waals surface area contributed by atoms with E-state index in [0.717, 1.165) is 42.1 Å². The second-order valence-corrected chi connectivity index (χ2v) is 10.8. The summed E-state index contributed by atoms with van der Waals surface area (Å²) in [5.41, 5.74) is 0.0547. The van der Waals surface area contributed by atoms with E-state index < -0.39 is 21.6 Å². The number of alkyl halides is 3. The summed E-state index contributed by atoms with van der Waals surface area (Å²) in [5.74, 6) is 1.40. The molecule has 1 aromatic carbocycles. The zero-order valence-electron chi connectivity index (χ0n) is 17.7. The van der Waals surface area contributed by atoms with Crippen molar-refractivity contribution in [2.24, 2.45) is 0 Å². The Kier molecular flexibility index (Phi) is 6.62. The minimum absolute atomic E-state index is 0.239. The van der Waals surface area contributed by atoms with E-state index in [1.807, 2.05) is 10.3 Å². The minimum Gasteiger partial charge on any atom is -0.487 e. The lowest BCUT2D eigenvalue weighted by Crippen LogP contribution is -2.33. The third-order valence-corrected chi connectivity index (χ3v) is 7.64. The largest absolute Gasteiger partial charge is 0.487 e. The average Bonchev–Trinajstić information content (AvgIpc) is 3.26. The Morgan fingerprint density at radius 2 is 1.82 bits per heavy atom. The van der Waals surface area contributed by atoms with Crippen LogP contribution in [-0.4, -0.2) is 37.7 Å². The van der Waals surface area contributed by atoms with E-state index in [-0.39, 0.29) is 17.4 Å². The molecule has 1 fully saturated rings. The van der Waals surface area contributed by atoms with Crippen LogP contribution in [0.2, 0.25) is 0 Å². The lowest BCUT2D eigenvalue weighted by molar-refractivity contribution is -0.137. The standard InChI is InChI=1S/C22H22F3N3O3S2/c1-33(29,30)19-5-3-18(4-6-19)31-13-17-14-32-21(27-17)15-8-10-28(11-9-15)20-7-2-16(12-26-20)22(23,24)25/h2-7,12,14-15H,8-11,13H2,1H3. The Morgan fingerprint density at radius 1 is 1.12 bits per heavy atom. The maximum atomic E-state index is 12.7. The molecule has 0 amide bonds. The van der Waals surface area contributed by atoms with Gasteiger partial charge in [-0.1, -0.05) is 0 Å². The van der Waals surface area contributed by atoms with E-state index in [0.29, 0.717) is 24.7 Å². The molecule has 0 saturated carbocycles. The maximum Gasteiger partial charge on any atom is 0.417 e. The van der Waals surface area contributed by atoms with Gasteiger partial charge in [0.05, 0.1) is 21.2 Å². The third-order valence-electron chi connectivity index (χ3n) is 5.45. The number of hydrogen-bond donors (Lipinski definition) is 0. The first-order chi connectivity index (χ1) is 15.6. The zero-order valence-corrected chi connectivity index (χ0v) is 19.4. The molecule has 2 aromatic heterocycles. The van der Waals surface area contributed by atoms with E-state index in [1.165, 1.54) is 18.2 Å². The number of pyridine rings is 1. The molecule has 6 nitrogen and oxygen atoms in total. The van der Waals surface area contributed by atoms with Crippen molar-refractivity contribution in [2.75, 3.05) is 24.2 Å². The van der Waals surface area contributed by atoms with Gasteiger partial charge in [-0.05, 0) is 49.2 Å². The fourth-order valence-electron chi connectivity index (χ4n) is 3.61. The van der Waals surface area contributed by atoms with Crippen molar-refractivity contribution in [2.45, 2.75) is 36.4 Å². The molecular weight excluding hydrogens is 475 g/mol. The predicted octanol–water partition coefficient (Wildman–Crippen LogP) is 4.92. The van der Waals surface area contributed by atoms with Crippen molar-refractivity contribution in [3.63, 3.8) is 0 Å². The SMILES string of the molecule is CS(=O)(=O)c1ccc(OCc2csc(C3CCN(c4ccc(C(F)(F)F)cn4)CC3)n2)cc1. The predicted molar refractivity (Wildman–Crippen MR) is 119 cm³/mol. The topological polar surface area (TPSA) is 72.4 Å². The molecule has 0 unspecified atom stereocenters. The average molecular weight is 498 g/mol. The van der Waals surface area contributed by atoms with Gasteiger partial charge >= 0.3 is 6.18 Å². The lowest BCUT2D eigenvalue weighted by atomic mass is 9.97. The fourth-order valence-corrected chi connectivity index (χ4v) is 5.22. The monoisotopic (exact) mass is 497 g/mol. The number of sulfone groups is 1. The van der Waals surface area contributed by atoms with Gasteiger partial charge in [-0.15, -0.1) is 11.3 Å². The van der Waals surface area contributed by atoms with Crippen molar-refractivity contribution >= 4 is 27.0 Å². The minimum atomic E-state index is -4.38. The molecule has 0 N–H and O–H groups in total. The fraction of sp³-hybridized carbons (Fsp3) is 0.364. The van der Waals surface area contributed by atoms with Crippen LogP contribution in [-0.2, 0) is 22.6 Å². The quantitative estimate of drug-likeness (QED) is 0.481. The number of nitrogens with zero attached hydrogens (tertiary/aromatic N) is 3. The van der Waals surface area contributed by atoms with Crippen LogP contribution in [0.5, 0.6) is 5.75 Å². The van der Waals surface area contributed by atoms with Crippen molar-refractivity contribution in [1.29, 1.82) is 0 Å². The molecule has 1 saturated heterocycles. The van der Waals surface area contributed by atoms with E-state index >= 15 is 0 Å². The summed E-state index contributed by atoms with van der Waals surface area (Å²) in [7, 11) is -3.24. The first kappa shape index (κ1) is 23.5. The van der Waals surface area contributed by atoms with Gasteiger partial charge in [0.2, 0.25) is 0 Å². The molecule has 1 aliphatic rings. The van der Waals surface area contributed by atoms with Crippen molar-refractivity contribution in [1.82, 2.24) is 9.97 Å². The van der Waals surface area contributed by atoms with Crippen LogP contribution in [0.25, 0.3) is 0 Å². The zero-order chi connectivity index (χ0) is 23.6. The number of halogens is 3. The number of hydrogen-bond acceptors (Lipinski definition) is 7. The Hall–Kier alpha value is -2.66. The van der Waals surface area contributed by atoms with Crippen LogP contribution in [0, 0.1) is 0 Å². The Balaban J connectivity index is 1.30. The molecule has 176 valence electrons. The van der Waals surface area contributed by atoms with Gasteiger partial charge in [0.25, 0.3) is 0 Å². The molecule has 0 radical (unpaired) electrons. The van der Waals surface area contributed by atoms with Gasteiger partial charge in [-0.25, -0.2) is 18.4 Å². The summed E-state index contributed by atoms with van der Waals surface area (Å²) < 4.78 is 66.9. The number of rotatable bonds is 6. The van der Waals surface area contributed by atoms with Gasteiger partial charge < -0.3 is 9.64 Å². The summed E-state index contributed by atoms with van der Waals surface area (Å²) in [5, 5.41) is 2.96. The highest BCUT2D eigenvalue weighted by atomic mass is 32.2. The summed E-state index contributed by atoms with van der Waals surface area (Å²) in [6.45, 7) is 1.67. The van der Waals surface area contributed by atoms with Crippen LogP contribution in [0.1, 0.15) is 35.0 Å². The van der Waals surface area contributed by atoms with Crippen LogP contribution < -0.4 is 9.64 Å². The summed E-state index contributed by atoms with van der Waals surface area (Å²) >= 11 is 1.57. The molecule has 11 heteroatoms. The molecule has 3 aromatic rings. The summed E-state index contributed by atoms with van der Waals surface area (Å²) in [6.07, 6.45) is -0.676. The Labute approximate surface area is 194 Å². The molecule has 0 atom stereocenters. The van der Waals surface area contributed by atoms with Crippen LogP contribution >= 0.6 is 11.3 Å². The third kappa shape index (κ3) is 5.83. The highest BCUT2D eigenvalue weighted by Crippen LogP contribution is 2.33. The molecular formula is C22H22F3N3O3S2. The molecule has 33 heavy (non-hydrogen) atoms. The normalized spacial score (nSPS) is 15.6. The van der Waals surface area contributed by atoms with Crippen molar-refractivity contribution in [3.05, 3.63) is 64.2 Å². The van der Waals surface area contributed by atoms with E-state index in [4.69, 9.17) is 4.74 Å². The van der Waals surface area contributed by atoms with Gasteiger partial charge in [-0.2, -0.15) is 13.2 Å². The van der Waals surface area contributed by atoms with Crippen molar-refractivity contribution < 1.29 is 26.3 Å². The maximum absolute atomic E-state index is 12.7. The number of thiazole rings is 1. The molecule has 4 rings (SSSR count). The van der Waals surface area contributed by atoms with Gasteiger partial charge in [0.1, 0.15) is 18.2 Å². The van der Waals surface area contributed by atoms with Gasteiger partial charge in [0.15, 0.2) is 9.84 Å². The first-order valence-electron chi connectivity index (χ1n) is 10.2. The lowest BCUT2D eigenvalue weighted by Gasteiger charge is -2.32. The van der Waals surface area contributed by atoms with Gasteiger partial charge in [-0.3, -0.25) is 0 Å². The highest BCUT2D eigenvalue weighted by molar-refractivity contribution is 7.90. The van der Waals surface area contributed by atoms with Crippen LogP contribution in [0.4, 0.5) is 19.0 Å². The highest BCUT2D eigenvalue weighted by Gasteiger charge is 2.31. The molecule has 0 bridgehead atoms. The Bertz CT molecular complexity index is 1190. The number of aromatic nitrogens is 2. The van der Waals surface area contributed by atoms with Crippen LogP contribution in [0.15, 0.2) is 52.9 Å². The summed E-state index contributed by atoms with van der Waals surface area (Å²) in [6, 6.07) is 8.75. The second kappa shape index (κ2) is 9.30. The molecule has 1 aliphatic heterocycles. The van der Waals surface area contributed by atoms with Crippen LogP contribution in [0.3, 0.4) is 0 Å². The van der Waals surface area contributed by atoms with Gasteiger partial charge in [0, 0.05) is 36.8 Å². The van der Waals surface area contributed by atoms with E-state index in [1.54, 1.807) is 23.5 Å². The van der Waals surface area contributed by atoms with E-state index in [9.17, 15) is 21.6 Å². The number of anilines is 1. The number of ether oxygens (including phenoxy) is 1. The number of benzene rings is 1. The number of piperidine rings is 1. The van der Waals surface area contributed by atoms with Crippen molar-refractivity contribution in [3.8, 4) is 5.75 Å². The molecule has 0 spiro atoms. The Morgan fingerprint density at radius 3 is 2.39 bits per heavy atom.